The standard InChI is InChI=1S/C36H66N6O6/c43-31-19-7-1-13-25-37-32(44)20-8-2-15-27-39-34(46)22-10-4-17-29-41-36(48)24-12-6-18-30-42-35(47)23-11-5-16-28-40-33(45)21-9-3-14-26-38-31/h1-30H2,(H,37,44)(H,38,43)(H,39,46)(H,40,45)(H,41,48)(H,42,47). The van der Waals surface area contributed by atoms with Crippen LogP contribution in [0.5, 0.6) is 0 Å². The molecule has 1 aliphatic heterocycles. The SMILES string of the molecule is O=C1CCCCCNC(=O)CCCCCNC(=O)CCCCCNC(=O)CCCCCNC(=O)CCCCCNC(=O)CCCCCN1. The molecule has 0 aliphatic carbocycles. The lowest BCUT2D eigenvalue weighted by Gasteiger charge is -2.08. The van der Waals surface area contributed by atoms with Crippen molar-refractivity contribution in [1.29, 1.82) is 0 Å². The third-order valence-corrected chi connectivity index (χ3v) is 8.42. The Balaban J connectivity index is 2.27. The molecule has 0 spiro atoms. The molecule has 0 aromatic heterocycles. The molecule has 48 heavy (non-hydrogen) atoms. The molecule has 6 amide bonds. The summed E-state index contributed by atoms with van der Waals surface area (Å²) in [7, 11) is 0. The van der Waals surface area contributed by atoms with Gasteiger partial charge < -0.3 is 31.9 Å². The maximum absolute atomic E-state index is 12.0. The molecule has 276 valence electrons. The molecule has 6 N–H and O–H groups in total. The first kappa shape index (κ1) is 42.8. The van der Waals surface area contributed by atoms with Gasteiger partial charge in [0, 0.05) is 77.8 Å². The molecule has 0 radical (unpaired) electrons. The summed E-state index contributed by atoms with van der Waals surface area (Å²) in [4.78, 5) is 72.3. The van der Waals surface area contributed by atoms with E-state index in [0.29, 0.717) is 77.8 Å². The predicted octanol–water partition coefficient (Wildman–Crippen LogP) is 4.06. The molecule has 0 aromatic rings. The quantitative estimate of drug-likeness (QED) is 0.225. The average molecular weight is 679 g/mol. The zero-order valence-corrected chi connectivity index (χ0v) is 29.7. The van der Waals surface area contributed by atoms with Gasteiger partial charge in [0.25, 0.3) is 0 Å². The van der Waals surface area contributed by atoms with Crippen molar-refractivity contribution >= 4 is 35.4 Å². The number of rotatable bonds is 0. The van der Waals surface area contributed by atoms with Crippen LogP contribution in [0.15, 0.2) is 0 Å². The van der Waals surface area contributed by atoms with Gasteiger partial charge in [-0.3, -0.25) is 28.8 Å². The van der Waals surface area contributed by atoms with Gasteiger partial charge in [0.1, 0.15) is 0 Å². The molecular formula is C36H66N6O6. The van der Waals surface area contributed by atoms with Gasteiger partial charge in [0.15, 0.2) is 0 Å². The highest BCUT2D eigenvalue weighted by Gasteiger charge is 2.07. The fraction of sp³-hybridized carbons (Fsp3) is 0.833. The monoisotopic (exact) mass is 679 g/mol. The molecule has 1 saturated heterocycles. The van der Waals surface area contributed by atoms with E-state index in [1.54, 1.807) is 0 Å². The Morgan fingerprint density at radius 3 is 0.500 bits per heavy atom. The first-order valence-electron chi connectivity index (χ1n) is 19.0. The number of hydrogen-bond donors (Lipinski definition) is 6. The van der Waals surface area contributed by atoms with Crippen molar-refractivity contribution in [3.8, 4) is 0 Å². The van der Waals surface area contributed by atoms with Crippen LogP contribution in [0, 0.1) is 0 Å². The van der Waals surface area contributed by atoms with Crippen molar-refractivity contribution in [2.45, 2.75) is 154 Å². The smallest absolute Gasteiger partial charge is 0.219 e. The van der Waals surface area contributed by atoms with E-state index in [1.165, 1.54) is 0 Å². The highest BCUT2D eigenvalue weighted by atomic mass is 16.2. The lowest BCUT2D eigenvalue weighted by atomic mass is 10.1. The topological polar surface area (TPSA) is 175 Å². The summed E-state index contributed by atoms with van der Waals surface area (Å²) < 4.78 is 0. The average Bonchev–Trinajstić information content (AvgIpc) is 3.06. The van der Waals surface area contributed by atoms with Crippen LogP contribution in [0.1, 0.15) is 154 Å². The van der Waals surface area contributed by atoms with Crippen LogP contribution in [-0.4, -0.2) is 74.7 Å². The van der Waals surface area contributed by atoms with Gasteiger partial charge >= 0.3 is 0 Å². The van der Waals surface area contributed by atoms with E-state index in [9.17, 15) is 28.8 Å². The van der Waals surface area contributed by atoms with E-state index in [2.05, 4.69) is 31.9 Å². The molecule has 1 heterocycles. The molecule has 12 nitrogen and oxygen atoms in total. The van der Waals surface area contributed by atoms with Gasteiger partial charge in [-0.2, -0.15) is 0 Å². The lowest BCUT2D eigenvalue weighted by Crippen LogP contribution is -2.26. The summed E-state index contributed by atoms with van der Waals surface area (Å²) in [6.45, 7) is 3.72. The number of hydrogen-bond acceptors (Lipinski definition) is 6. The molecular weight excluding hydrogens is 612 g/mol. The second-order valence-electron chi connectivity index (χ2n) is 13.0. The maximum atomic E-state index is 12.0. The van der Waals surface area contributed by atoms with Gasteiger partial charge in [-0.25, -0.2) is 0 Å². The van der Waals surface area contributed by atoms with Crippen molar-refractivity contribution in [1.82, 2.24) is 31.9 Å². The number of amides is 6. The van der Waals surface area contributed by atoms with Crippen molar-refractivity contribution in [2.24, 2.45) is 0 Å². The molecule has 1 rings (SSSR count). The molecule has 12 heteroatoms. The van der Waals surface area contributed by atoms with Gasteiger partial charge in [-0.1, -0.05) is 38.5 Å². The Hall–Kier alpha value is -3.18. The second-order valence-corrected chi connectivity index (χ2v) is 13.0. The normalized spacial score (nSPS) is 21.8. The first-order chi connectivity index (χ1) is 23.4. The van der Waals surface area contributed by atoms with Gasteiger partial charge in [0.2, 0.25) is 35.4 Å². The van der Waals surface area contributed by atoms with Gasteiger partial charge in [-0.15, -0.1) is 0 Å². The van der Waals surface area contributed by atoms with Crippen LogP contribution < -0.4 is 31.9 Å². The van der Waals surface area contributed by atoms with Crippen LogP contribution in [0.4, 0.5) is 0 Å². The Morgan fingerprint density at radius 2 is 0.354 bits per heavy atom. The molecule has 0 aromatic carbocycles. The molecule has 1 aliphatic rings. The Morgan fingerprint density at radius 1 is 0.208 bits per heavy atom. The third kappa shape index (κ3) is 29.0. The van der Waals surface area contributed by atoms with Crippen LogP contribution in [0.25, 0.3) is 0 Å². The molecule has 1 fully saturated rings. The van der Waals surface area contributed by atoms with Crippen molar-refractivity contribution in [2.75, 3.05) is 39.3 Å². The zero-order chi connectivity index (χ0) is 34.9. The Bertz CT molecular complexity index is 669. The van der Waals surface area contributed by atoms with E-state index in [1.807, 2.05) is 0 Å². The summed E-state index contributed by atoms with van der Waals surface area (Å²) in [6, 6.07) is 0. The maximum Gasteiger partial charge on any atom is 0.219 e. The third-order valence-electron chi connectivity index (χ3n) is 8.42. The number of carbonyl (C=O) groups excluding carboxylic acids is 6. The van der Waals surface area contributed by atoms with Crippen LogP contribution >= 0.6 is 0 Å². The van der Waals surface area contributed by atoms with Gasteiger partial charge in [-0.05, 0) is 77.0 Å². The minimum absolute atomic E-state index is 0.0487. The van der Waals surface area contributed by atoms with Crippen LogP contribution in [0.2, 0.25) is 0 Å². The van der Waals surface area contributed by atoms with Gasteiger partial charge in [0.05, 0.1) is 0 Å². The minimum Gasteiger partial charge on any atom is -0.356 e. The van der Waals surface area contributed by atoms with Crippen molar-refractivity contribution < 1.29 is 28.8 Å². The fourth-order valence-corrected chi connectivity index (χ4v) is 5.42. The van der Waals surface area contributed by atoms with Crippen molar-refractivity contribution in [3.63, 3.8) is 0 Å². The summed E-state index contributed by atoms with van der Waals surface area (Å²) in [5, 5.41) is 17.7. The number of nitrogens with one attached hydrogen (secondary N) is 6. The second kappa shape index (κ2) is 31.1. The summed E-state index contributed by atoms with van der Waals surface area (Å²) >= 11 is 0. The highest BCUT2D eigenvalue weighted by Crippen LogP contribution is 2.05. The lowest BCUT2D eigenvalue weighted by molar-refractivity contribution is -0.122. The van der Waals surface area contributed by atoms with Crippen LogP contribution in [0.3, 0.4) is 0 Å². The van der Waals surface area contributed by atoms with Crippen molar-refractivity contribution in [3.05, 3.63) is 0 Å². The Kier molecular flexibility index (Phi) is 27.8. The van der Waals surface area contributed by atoms with Crippen LogP contribution in [-0.2, 0) is 28.8 Å². The van der Waals surface area contributed by atoms with E-state index in [4.69, 9.17) is 0 Å². The largest absolute Gasteiger partial charge is 0.356 e. The zero-order valence-electron chi connectivity index (χ0n) is 29.7. The molecule has 0 atom stereocenters. The molecule has 0 unspecified atom stereocenters. The first-order valence-corrected chi connectivity index (χ1v) is 19.0. The van der Waals surface area contributed by atoms with E-state index in [0.717, 1.165) is 116 Å². The highest BCUT2D eigenvalue weighted by molar-refractivity contribution is 5.77. The van der Waals surface area contributed by atoms with E-state index >= 15 is 0 Å². The minimum atomic E-state index is 0.0487. The summed E-state index contributed by atoms with van der Waals surface area (Å²) in [6.07, 6.45) is 18.0. The Labute approximate surface area is 289 Å². The summed E-state index contributed by atoms with van der Waals surface area (Å²) in [5.74, 6) is 0.292. The summed E-state index contributed by atoms with van der Waals surface area (Å²) in [5.41, 5.74) is 0. The predicted molar refractivity (Wildman–Crippen MR) is 189 cm³/mol. The molecule has 0 saturated carbocycles. The van der Waals surface area contributed by atoms with E-state index < -0.39 is 0 Å². The fourth-order valence-electron chi connectivity index (χ4n) is 5.42. The van der Waals surface area contributed by atoms with E-state index in [-0.39, 0.29) is 35.4 Å². The number of carbonyl (C=O) groups is 6. The molecule has 0 bridgehead atoms.